The summed E-state index contributed by atoms with van der Waals surface area (Å²) in [6.45, 7) is 0.220. The normalized spacial score (nSPS) is 19.9. The Bertz CT molecular complexity index is 958. The van der Waals surface area contributed by atoms with Gasteiger partial charge in [-0.25, -0.2) is 9.97 Å². The number of aryl methyl sites for hydroxylation is 1. The zero-order valence-electron chi connectivity index (χ0n) is 15.4. The second-order valence-corrected chi connectivity index (χ2v) is 7.37. The molecule has 0 unspecified atom stereocenters. The fourth-order valence-corrected chi connectivity index (χ4v) is 3.90. The van der Waals surface area contributed by atoms with E-state index < -0.39 is 0 Å². The van der Waals surface area contributed by atoms with Crippen molar-refractivity contribution in [3.63, 3.8) is 0 Å². The van der Waals surface area contributed by atoms with E-state index in [1.165, 1.54) is 0 Å². The number of aliphatic hydroxyl groups excluding tert-OH is 1. The molecule has 6 nitrogen and oxygen atoms in total. The molecule has 1 amide bonds. The number of nitrogens with zero attached hydrogens (tertiary/aromatic N) is 3. The van der Waals surface area contributed by atoms with Crippen LogP contribution in [-0.2, 0) is 11.8 Å². The van der Waals surface area contributed by atoms with Gasteiger partial charge in [0.05, 0.1) is 18.2 Å². The molecule has 6 heteroatoms. The molecule has 1 aliphatic rings. The van der Waals surface area contributed by atoms with Gasteiger partial charge in [-0.3, -0.25) is 4.79 Å². The summed E-state index contributed by atoms with van der Waals surface area (Å²) >= 11 is 0. The smallest absolute Gasteiger partial charge is 0.228 e. The Balaban J connectivity index is 1.56. The van der Waals surface area contributed by atoms with Gasteiger partial charge in [0.25, 0.3) is 0 Å². The summed E-state index contributed by atoms with van der Waals surface area (Å²) in [6.07, 6.45) is 8.82. The van der Waals surface area contributed by atoms with Crippen LogP contribution in [0, 0.1) is 11.8 Å². The molecule has 0 radical (unpaired) electrons. The minimum Gasteiger partial charge on any atom is -0.396 e. The molecule has 1 aromatic carbocycles. The first kappa shape index (κ1) is 17.7. The predicted molar refractivity (Wildman–Crippen MR) is 105 cm³/mol. The number of aromatic nitrogens is 3. The Morgan fingerprint density at radius 3 is 2.78 bits per heavy atom. The van der Waals surface area contributed by atoms with Crippen LogP contribution in [0.5, 0.6) is 0 Å². The molecule has 3 aromatic rings. The van der Waals surface area contributed by atoms with E-state index in [-0.39, 0.29) is 18.4 Å². The van der Waals surface area contributed by atoms with Crippen molar-refractivity contribution >= 4 is 22.5 Å². The van der Waals surface area contributed by atoms with Crippen molar-refractivity contribution in [2.45, 2.75) is 25.7 Å². The highest BCUT2D eigenvalue weighted by atomic mass is 16.3. The largest absolute Gasteiger partial charge is 0.396 e. The van der Waals surface area contributed by atoms with Crippen LogP contribution in [-0.4, -0.2) is 32.2 Å². The fourth-order valence-electron chi connectivity index (χ4n) is 3.90. The average molecular weight is 364 g/mol. The quantitative estimate of drug-likeness (QED) is 0.744. The number of pyridine rings is 1. The number of fused-ring (bicyclic) bond motifs is 1. The van der Waals surface area contributed by atoms with Crippen LogP contribution in [0.3, 0.4) is 0 Å². The number of nitrogens with one attached hydrogen (secondary N) is 1. The number of benzene rings is 1. The highest BCUT2D eigenvalue weighted by Gasteiger charge is 2.26. The molecule has 140 valence electrons. The monoisotopic (exact) mass is 364 g/mol. The zero-order valence-corrected chi connectivity index (χ0v) is 15.4. The summed E-state index contributed by atoms with van der Waals surface area (Å²) < 4.78 is 1.98. The molecule has 0 bridgehead atoms. The molecule has 4 rings (SSSR count). The highest BCUT2D eigenvalue weighted by molar-refractivity contribution is 6.02. The summed E-state index contributed by atoms with van der Waals surface area (Å²) in [7, 11) is 1.97. The van der Waals surface area contributed by atoms with Crippen LogP contribution < -0.4 is 5.32 Å². The van der Waals surface area contributed by atoms with E-state index >= 15 is 0 Å². The lowest BCUT2D eigenvalue weighted by Crippen LogP contribution is -2.28. The Kier molecular flexibility index (Phi) is 4.90. The number of hydrogen-bond donors (Lipinski definition) is 2. The van der Waals surface area contributed by atoms with Gasteiger partial charge in [-0.05, 0) is 55.2 Å². The molecule has 2 aromatic heterocycles. The minimum atomic E-state index is -0.00132. The Hall–Kier alpha value is -2.73. The third-order valence-electron chi connectivity index (χ3n) is 5.59. The Labute approximate surface area is 158 Å². The standard InChI is InChI=1S/C21H24N4O2/c1-25-13-22-11-19(25)17-6-7-18-16(10-17)8-9-23-20(18)24-21(27)15-4-2-14(12-26)3-5-15/h6-11,13-15,26H,2-5,12H2,1H3,(H,23,24,27). The van der Waals surface area contributed by atoms with E-state index in [9.17, 15) is 9.90 Å². The molecule has 0 spiro atoms. The summed E-state index contributed by atoms with van der Waals surface area (Å²) in [6, 6.07) is 8.08. The van der Waals surface area contributed by atoms with E-state index in [1.807, 2.05) is 36.0 Å². The maximum atomic E-state index is 12.7. The first-order valence-electron chi connectivity index (χ1n) is 9.43. The first-order valence-corrected chi connectivity index (χ1v) is 9.43. The van der Waals surface area contributed by atoms with Gasteiger partial charge >= 0.3 is 0 Å². The molecular weight excluding hydrogens is 340 g/mol. The maximum absolute atomic E-state index is 12.7. The first-order chi connectivity index (χ1) is 13.2. The minimum absolute atomic E-state index is 0.00132. The molecule has 2 N–H and O–H groups in total. The predicted octanol–water partition coefficient (Wildman–Crippen LogP) is 3.37. The molecule has 27 heavy (non-hydrogen) atoms. The van der Waals surface area contributed by atoms with Crippen molar-refractivity contribution in [3.8, 4) is 11.3 Å². The number of rotatable bonds is 4. The summed E-state index contributed by atoms with van der Waals surface area (Å²) in [4.78, 5) is 21.2. The van der Waals surface area contributed by atoms with Crippen molar-refractivity contribution in [1.82, 2.24) is 14.5 Å². The molecule has 1 saturated carbocycles. The maximum Gasteiger partial charge on any atom is 0.228 e. The number of anilines is 1. The van der Waals surface area contributed by atoms with Crippen LogP contribution in [0.25, 0.3) is 22.0 Å². The Morgan fingerprint density at radius 1 is 1.26 bits per heavy atom. The van der Waals surface area contributed by atoms with Crippen molar-refractivity contribution in [2.75, 3.05) is 11.9 Å². The summed E-state index contributed by atoms with van der Waals surface area (Å²) in [5.74, 6) is 0.981. The lowest BCUT2D eigenvalue weighted by Gasteiger charge is -2.26. The SMILES string of the molecule is Cn1cncc1-c1ccc2c(NC(=O)C3CCC(CO)CC3)nccc2c1. The van der Waals surface area contributed by atoms with Crippen molar-refractivity contribution < 1.29 is 9.90 Å². The summed E-state index contributed by atoms with van der Waals surface area (Å²) in [5.41, 5.74) is 2.12. The van der Waals surface area contributed by atoms with Gasteiger partial charge in [0.15, 0.2) is 0 Å². The average Bonchev–Trinajstić information content (AvgIpc) is 3.13. The van der Waals surface area contributed by atoms with Gasteiger partial charge in [0, 0.05) is 36.7 Å². The number of imidazole rings is 1. The molecule has 1 fully saturated rings. The Morgan fingerprint density at radius 2 is 2.07 bits per heavy atom. The van der Waals surface area contributed by atoms with E-state index in [4.69, 9.17) is 0 Å². The summed E-state index contributed by atoms with van der Waals surface area (Å²) in [5, 5.41) is 14.2. The molecule has 0 atom stereocenters. The van der Waals surface area contributed by atoms with Crippen LogP contribution in [0.4, 0.5) is 5.82 Å². The van der Waals surface area contributed by atoms with Gasteiger partial charge in [0.2, 0.25) is 5.91 Å². The second-order valence-electron chi connectivity index (χ2n) is 7.37. The zero-order chi connectivity index (χ0) is 18.8. The van der Waals surface area contributed by atoms with Gasteiger partial charge in [0.1, 0.15) is 5.82 Å². The lowest BCUT2D eigenvalue weighted by atomic mass is 9.82. The highest BCUT2D eigenvalue weighted by Crippen LogP contribution is 2.31. The third kappa shape index (κ3) is 3.57. The number of aliphatic hydroxyl groups is 1. The van der Waals surface area contributed by atoms with Crippen LogP contribution in [0.1, 0.15) is 25.7 Å². The molecule has 0 aliphatic heterocycles. The fraction of sp³-hybridized carbons (Fsp3) is 0.381. The second kappa shape index (κ2) is 7.48. The van der Waals surface area contributed by atoms with E-state index in [0.717, 1.165) is 47.7 Å². The topological polar surface area (TPSA) is 80.0 Å². The lowest BCUT2D eigenvalue weighted by molar-refractivity contribution is -0.121. The van der Waals surface area contributed by atoms with E-state index in [0.29, 0.717) is 11.7 Å². The van der Waals surface area contributed by atoms with Crippen LogP contribution in [0.2, 0.25) is 0 Å². The molecule has 0 saturated heterocycles. The number of amides is 1. The van der Waals surface area contributed by atoms with Crippen molar-refractivity contribution in [1.29, 1.82) is 0 Å². The van der Waals surface area contributed by atoms with E-state index in [1.54, 1.807) is 12.5 Å². The molecule has 2 heterocycles. The number of carbonyl (C=O) groups excluding carboxylic acids is 1. The number of carbonyl (C=O) groups is 1. The van der Waals surface area contributed by atoms with Gasteiger partial charge in [-0.2, -0.15) is 0 Å². The number of hydrogen-bond acceptors (Lipinski definition) is 4. The van der Waals surface area contributed by atoms with Gasteiger partial charge in [-0.1, -0.05) is 6.07 Å². The molecule has 1 aliphatic carbocycles. The van der Waals surface area contributed by atoms with Gasteiger partial charge < -0.3 is 15.0 Å². The van der Waals surface area contributed by atoms with Crippen molar-refractivity contribution in [2.24, 2.45) is 18.9 Å². The van der Waals surface area contributed by atoms with Gasteiger partial charge in [-0.15, -0.1) is 0 Å². The third-order valence-corrected chi connectivity index (χ3v) is 5.59. The van der Waals surface area contributed by atoms with Crippen molar-refractivity contribution in [3.05, 3.63) is 43.0 Å². The van der Waals surface area contributed by atoms with E-state index in [2.05, 4.69) is 21.4 Å². The molecular formula is C21H24N4O2. The van der Waals surface area contributed by atoms with Crippen LogP contribution >= 0.6 is 0 Å². The van der Waals surface area contributed by atoms with Crippen LogP contribution in [0.15, 0.2) is 43.0 Å².